The molecule has 0 bridgehead atoms. The molecule has 0 atom stereocenters. The van der Waals surface area contributed by atoms with Crippen molar-refractivity contribution in [3.63, 3.8) is 0 Å². The highest BCUT2D eigenvalue weighted by molar-refractivity contribution is 5.95. The Labute approximate surface area is 202 Å². The second kappa shape index (κ2) is 9.10. The first-order chi connectivity index (χ1) is 17.4. The monoisotopic (exact) mass is 483 g/mol. The molecule has 0 radical (unpaired) electrons. The average Bonchev–Trinajstić information content (AvgIpc) is 2.91. The van der Waals surface area contributed by atoms with Gasteiger partial charge in [-0.1, -0.05) is 12.1 Å². The number of amides is 1. The first kappa shape index (κ1) is 22.4. The van der Waals surface area contributed by atoms with Gasteiger partial charge in [-0.25, -0.2) is 19.8 Å². The zero-order valence-corrected chi connectivity index (χ0v) is 18.5. The van der Waals surface area contributed by atoms with Gasteiger partial charge in [0, 0.05) is 48.1 Å². The van der Waals surface area contributed by atoms with E-state index in [0.29, 0.717) is 22.5 Å². The average molecular weight is 483 g/mol. The van der Waals surface area contributed by atoms with Crippen LogP contribution >= 0.6 is 0 Å². The van der Waals surface area contributed by atoms with Gasteiger partial charge in [0.1, 0.15) is 0 Å². The molecule has 2 aromatic carbocycles. The number of allylic oxidation sites excluding steroid dienone is 2. The van der Waals surface area contributed by atoms with Gasteiger partial charge in [-0.3, -0.25) is 34.7 Å². The van der Waals surface area contributed by atoms with Gasteiger partial charge in [0.25, 0.3) is 17.2 Å². The van der Waals surface area contributed by atoms with Crippen molar-refractivity contribution in [2.24, 2.45) is 0 Å². The molecule has 0 aliphatic carbocycles. The summed E-state index contributed by atoms with van der Waals surface area (Å²) >= 11 is 0. The minimum Gasteiger partial charge on any atom is -0.298 e. The van der Waals surface area contributed by atoms with Crippen LogP contribution in [0.25, 0.3) is 16.5 Å². The quantitative estimate of drug-likeness (QED) is 0.322. The number of nitro groups is 1. The Balaban J connectivity index is 1.41. The number of H-pyrrole nitrogens is 1. The van der Waals surface area contributed by atoms with E-state index in [0.717, 1.165) is 6.07 Å². The summed E-state index contributed by atoms with van der Waals surface area (Å²) in [6, 6.07) is 12.1. The maximum Gasteiger partial charge on any atom is 0.329 e. The number of aromatic amines is 1. The number of carbonyl (C=O) groups excluding carboxylic acids is 1. The lowest BCUT2D eigenvalue weighted by Crippen LogP contribution is -2.37. The SMILES string of the molecule is O=C(c1cccc(Cn2c(=O)[nH]c(=O)c3cc([N+](=O)[O-])ccc32)c1)N1C=CC(c2ncccn2)=CN1. The van der Waals surface area contributed by atoms with E-state index in [-0.39, 0.29) is 29.0 Å². The molecule has 2 aromatic heterocycles. The van der Waals surface area contributed by atoms with E-state index in [4.69, 9.17) is 0 Å². The van der Waals surface area contributed by atoms with Gasteiger partial charge in [0.05, 0.1) is 22.4 Å². The summed E-state index contributed by atoms with van der Waals surface area (Å²) in [4.78, 5) is 58.9. The highest BCUT2D eigenvalue weighted by Crippen LogP contribution is 2.19. The summed E-state index contributed by atoms with van der Waals surface area (Å²) < 4.78 is 1.29. The predicted molar refractivity (Wildman–Crippen MR) is 129 cm³/mol. The van der Waals surface area contributed by atoms with E-state index < -0.39 is 16.2 Å². The second-order valence-electron chi connectivity index (χ2n) is 7.80. The maximum atomic E-state index is 13.0. The van der Waals surface area contributed by atoms with Gasteiger partial charge in [-0.2, -0.15) is 0 Å². The number of carbonyl (C=O) groups is 1. The van der Waals surface area contributed by atoms with Crippen molar-refractivity contribution in [1.82, 2.24) is 30.0 Å². The van der Waals surface area contributed by atoms with Crippen molar-refractivity contribution in [1.29, 1.82) is 0 Å². The Hall–Kier alpha value is -5.39. The lowest BCUT2D eigenvalue weighted by atomic mass is 10.1. The highest BCUT2D eigenvalue weighted by Gasteiger charge is 2.18. The molecular weight excluding hydrogens is 466 g/mol. The Morgan fingerprint density at radius 2 is 1.86 bits per heavy atom. The number of hydrazine groups is 1. The Bertz CT molecular complexity index is 1690. The molecule has 5 rings (SSSR count). The maximum absolute atomic E-state index is 13.0. The van der Waals surface area contributed by atoms with Crippen LogP contribution in [0.2, 0.25) is 0 Å². The topological polar surface area (TPSA) is 156 Å². The first-order valence-electron chi connectivity index (χ1n) is 10.7. The van der Waals surface area contributed by atoms with Gasteiger partial charge in [-0.05, 0) is 35.9 Å². The van der Waals surface area contributed by atoms with Crippen molar-refractivity contribution < 1.29 is 9.72 Å². The lowest BCUT2D eigenvalue weighted by Gasteiger charge is -2.22. The minimum atomic E-state index is -0.713. The minimum absolute atomic E-state index is 0.0173. The van der Waals surface area contributed by atoms with E-state index in [2.05, 4.69) is 20.4 Å². The van der Waals surface area contributed by atoms with Crippen molar-refractivity contribution in [3.05, 3.63) is 127 Å². The molecule has 0 fully saturated rings. The molecule has 3 heterocycles. The number of aromatic nitrogens is 4. The molecule has 0 spiro atoms. The fourth-order valence-corrected chi connectivity index (χ4v) is 3.78. The van der Waals surface area contributed by atoms with Crippen molar-refractivity contribution in [2.45, 2.75) is 6.54 Å². The third-order valence-electron chi connectivity index (χ3n) is 5.51. The Morgan fingerprint density at radius 3 is 2.58 bits per heavy atom. The van der Waals surface area contributed by atoms with Crippen LogP contribution in [0.5, 0.6) is 0 Å². The zero-order valence-electron chi connectivity index (χ0n) is 18.5. The molecule has 36 heavy (non-hydrogen) atoms. The second-order valence-corrected chi connectivity index (χ2v) is 7.80. The number of hydrogen-bond acceptors (Lipinski definition) is 8. The van der Waals surface area contributed by atoms with Crippen LogP contribution in [-0.2, 0) is 6.54 Å². The van der Waals surface area contributed by atoms with E-state index in [1.54, 1.807) is 61.2 Å². The molecule has 0 saturated heterocycles. The van der Waals surface area contributed by atoms with Gasteiger partial charge in [0.15, 0.2) is 5.82 Å². The first-order valence-corrected chi connectivity index (χ1v) is 10.7. The molecule has 0 saturated carbocycles. The molecule has 1 aliphatic rings. The fourth-order valence-electron chi connectivity index (χ4n) is 3.78. The molecular formula is C24H17N7O5. The molecule has 12 heteroatoms. The van der Waals surface area contributed by atoms with Crippen LogP contribution in [0.1, 0.15) is 21.7 Å². The van der Waals surface area contributed by atoms with E-state index in [1.165, 1.54) is 21.7 Å². The molecule has 1 amide bonds. The summed E-state index contributed by atoms with van der Waals surface area (Å²) in [7, 11) is 0. The van der Waals surface area contributed by atoms with Crippen LogP contribution in [0.3, 0.4) is 0 Å². The largest absolute Gasteiger partial charge is 0.329 e. The molecule has 178 valence electrons. The molecule has 12 nitrogen and oxygen atoms in total. The van der Waals surface area contributed by atoms with Crippen LogP contribution in [0.15, 0.2) is 89.0 Å². The number of nitrogens with one attached hydrogen (secondary N) is 2. The standard InChI is InChI=1S/C24H17N7O5/c32-22-19-12-18(31(35)36)5-6-20(19)29(24(34)28-22)14-15-3-1-4-16(11-15)23(33)30-10-7-17(13-27-30)21-25-8-2-9-26-21/h1-13,27H,14H2,(H,28,32,34). The molecule has 2 N–H and O–H groups in total. The molecule has 0 unspecified atom stereocenters. The Kier molecular flexibility index (Phi) is 5.66. The summed E-state index contributed by atoms with van der Waals surface area (Å²) in [5, 5.41) is 12.4. The van der Waals surface area contributed by atoms with Crippen molar-refractivity contribution in [3.8, 4) is 0 Å². The van der Waals surface area contributed by atoms with Gasteiger partial charge >= 0.3 is 5.69 Å². The smallest absolute Gasteiger partial charge is 0.298 e. The van der Waals surface area contributed by atoms with Crippen LogP contribution in [-0.4, -0.2) is 35.4 Å². The zero-order chi connectivity index (χ0) is 25.2. The van der Waals surface area contributed by atoms with Crippen molar-refractivity contribution >= 4 is 28.1 Å². The number of rotatable bonds is 5. The predicted octanol–water partition coefficient (Wildman–Crippen LogP) is 1.95. The van der Waals surface area contributed by atoms with Crippen LogP contribution in [0.4, 0.5) is 5.69 Å². The van der Waals surface area contributed by atoms with Crippen LogP contribution < -0.4 is 16.7 Å². The number of hydrogen-bond donors (Lipinski definition) is 2. The number of nitro benzene ring substituents is 1. The van der Waals surface area contributed by atoms with Crippen molar-refractivity contribution in [2.75, 3.05) is 0 Å². The summed E-state index contributed by atoms with van der Waals surface area (Å²) in [6.45, 7) is 0.0315. The van der Waals surface area contributed by atoms with E-state index in [1.807, 2.05) is 0 Å². The highest BCUT2D eigenvalue weighted by atomic mass is 16.6. The van der Waals surface area contributed by atoms with Gasteiger partial charge < -0.3 is 0 Å². The number of nitrogens with zero attached hydrogens (tertiary/aromatic N) is 5. The third-order valence-corrected chi connectivity index (χ3v) is 5.51. The number of non-ortho nitro benzene ring substituents is 1. The fraction of sp³-hybridized carbons (Fsp3) is 0.0417. The number of benzene rings is 2. The third kappa shape index (κ3) is 4.25. The normalized spacial score (nSPS) is 12.8. The van der Waals surface area contributed by atoms with Crippen LogP contribution in [0, 0.1) is 10.1 Å². The summed E-state index contributed by atoms with van der Waals surface area (Å²) in [5.74, 6) is 0.172. The van der Waals surface area contributed by atoms with Gasteiger partial charge in [0.2, 0.25) is 0 Å². The number of fused-ring (bicyclic) bond motifs is 1. The van der Waals surface area contributed by atoms with E-state index in [9.17, 15) is 24.5 Å². The summed E-state index contributed by atoms with van der Waals surface area (Å²) in [6.07, 6.45) is 8.13. The summed E-state index contributed by atoms with van der Waals surface area (Å²) in [5.41, 5.74) is 3.18. The lowest BCUT2D eigenvalue weighted by molar-refractivity contribution is -0.384. The Morgan fingerprint density at radius 1 is 1.06 bits per heavy atom. The molecule has 1 aliphatic heterocycles. The van der Waals surface area contributed by atoms with Gasteiger partial charge in [-0.15, -0.1) is 0 Å². The van der Waals surface area contributed by atoms with E-state index >= 15 is 0 Å². The molecule has 4 aromatic rings.